The molecule has 2 unspecified atom stereocenters. The summed E-state index contributed by atoms with van der Waals surface area (Å²) in [6.07, 6.45) is -0.670. The second kappa shape index (κ2) is 6.01. The summed E-state index contributed by atoms with van der Waals surface area (Å²) >= 11 is 0. The highest BCUT2D eigenvalue weighted by Gasteiger charge is 2.42. The molecule has 20 heavy (non-hydrogen) atoms. The van der Waals surface area contributed by atoms with Crippen LogP contribution in [-0.2, 0) is 0 Å². The second-order valence-electron chi connectivity index (χ2n) is 5.81. The van der Waals surface area contributed by atoms with Crippen molar-refractivity contribution in [3.8, 4) is 11.8 Å². The van der Waals surface area contributed by atoms with Gasteiger partial charge in [0.2, 0.25) is 0 Å². The molecular weight excluding hydrogens is 276 g/mol. The van der Waals surface area contributed by atoms with Crippen LogP contribution in [0.4, 0.5) is 0 Å². The van der Waals surface area contributed by atoms with Crippen molar-refractivity contribution in [1.29, 1.82) is 5.26 Å². The van der Waals surface area contributed by atoms with E-state index in [1.165, 1.54) is 0 Å². The number of aliphatic hydroxyl groups is 1. The van der Waals surface area contributed by atoms with Gasteiger partial charge in [0, 0.05) is 11.6 Å². The Balaban J connectivity index is 0.00000200. The maximum atomic E-state index is 10.5. The molecule has 0 radical (unpaired) electrons. The van der Waals surface area contributed by atoms with Crippen LogP contribution in [0.15, 0.2) is 18.2 Å². The number of ether oxygens (including phenoxy) is 1. The van der Waals surface area contributed by atoms with E-state index in [9.17, 15) is 5.11 Å². The summed E-state index contributed by atoms with van der Waals surface area (Å²) in [6.45, 7) is 7.80. The van der Waals surface area contributed by atoms with E-state index in [1.54, 1.807) is 18.2 Å². The van der Waals surface area contributed by atoms with Gasteiger partial charge in [-0.2, -0.15) is 5.26 Å². The van der Waals surface area contributed by atoms with Crippen LogP contribution in [0.2, 0.25) is 0 Å². The van der Waals surface area contributed by atoms with Crippen LogP contribution >= 0.6 is 12.4 Å². The predicted molar refractivity (Wildman–Crippen MR) is 80.1 cm³/mol. The van der Waals surface area contributed by atoms with Crippen molar-refractivity contribution in [2.24, 2.45) is 0 Å². The number of nitrogens with one attached hydrogen (secondary N) is 1. The van der Waals surface area contributed by atoms with Gasteiger partial charge in [-0.1, -0.05) is 13.8 Å². The molecule has 1 aliphatic heterocycles. The standard InChI is InChI=1S/C15H20N2O2.ClH/c1-9(2)17-13-11-7-10(8-16)5-6-12(11)19-15(3,4)14(13)18;/h5-7,9,13-14,17-18H,1-4H3;1H. The van der Waals surface area contributed by atoms with E-state index in [-0.39, 0.29) is 24.5 Å². The number of halogens is 1. The van der Waals surface area contributed by atoms with Crippen LogP contribution in [0.3, 0.4) is 0 Å². The Morgan fingerprint density at radius 1 is 1.40 bits per heavy atom. The first-order valence-corrected chi connectivity index (χ1v) is 6.52. The van der Waals surface area contributed by atoms with Gasteiger partial charge in [-0.15, -0.1) is 12.4 Å². The fourth-order valence-corrected chi connectivity index (χ4v) is 2.41. The molecule has 2 N–H and O–H groups in total. The zero-order valence-corrected chi connectivity index (χ0v) is 13.0. The van der Waals surface area contributed by atoms with Gasteiger partial charge in [-0.25, -0.2) is 0 Å². The van der Waals surface area contributed by atoms with Gasteiger partial charge in [-0.05, 0) is 32.0 Å². The topological polar surface area (TPSA) is 65.3 Å². The van der Waals surface area contributed by atoms with Crippen LogP contribution in [0, 0.1) is 11.3 Å². The molecule has 110 valence electrons. The van der Waals surface area contributed by atoms with Crippen LogP contribution in [0.25, 0.3) is 0 Å². The molecule has 4 nitrogen and oxygen atoms in total. The number of benzene rings is 1. The lowest BCUT2D eigenvalue weighted by molar-refractivity contribution is -0.0658. The van der Waals surface area contributed by atoms with Gasteiger partial charge in [-0.3, -0.25) is 0 Å². The summed E-state index contributed by atoms with van der Waals surface area (Å²) in [7, 11) is 0. The van der Waals surface area contributed by atoms with Crippen molar-refractivity contribution >= 4 is 12.4 Å². The summed E-state index contributed by atoms with van der Waals surface area (Å²) in [5.74, 6) is 0.729. The lowest BCUT2D eigenvalue weighted by Crippen LogP contribution is -2.53. The van der Waals surface area contributed by atoms with Crippen molar-refractivity contribution < 1.29 is 9.84 Å². The van der Waals surface area contributed by atoms with Gasteiger partial charge in [0.25, 0.3) is 0 Å². The van der Waals surface area contributed by atoms with Crippen LogP contribution < -0.4 is 10.1 Å². The highest BCUT2D eigenvalue weighted by molar-refractivity contribution is 5.85. The van der Waals surface area contributed by atoms with Crippen LogP contribution in [0.5, 0.6) is 5.75 Å². The molecule has 0 amide bonds. The average Bonchev–Trinajstić information content (AvgIpc) is 2.34. The lowest BCUT2D eigenvalue weighted by atomic mass is 9.85. The highest BCUT2D eigenvalue weighted by atomic mass is 35.5. The average molecular weight is 297 g/mol. The number of hydrogen-bond donors (Lipinski definition) is 2. The van der Waals surface area contributed by atoms with E-state index in [4.69, 9.17) is 10.00 Å². The number of rotatable bonds is 2. The zero-order chi connectivity index (χ0) is 14.2. The van der Waals surface area contributed by atoms with Gasteiger partial charge in [0.15, 0.2) is 0 Å². The fraction of sp³-hybridized carbons (Fsp3) is 0.533. The molecule has 0 aliphatic carbocycles. The Hall–Kier alpha value is -1.28. The number of aliphatic hydroxyl groups excluding tert-OH is 1. The molecule has 2 atom stereocenters. The smallest absolute Gasteiger partial charge is 0.131 e. The Labute approximate surface area is 126 Å². The van der Waals surface area contributed by atoms with Crippen LogP contribution in [-0.4, -0.2) is 22.9 Å². The number of fused-ring (bicyclic) bond motifs is 1. The maximum Gasteiger partial charge on any atom is 0.131 e. The van der Waals surface area contributed by atoms with Gasteiger partial charge >= 0.3 is 0 Å². The molecule has 1 aromatic rings. The minimum atomic E-state index is -0.670. The number of nitriles is 1. The SMILES string of the molecule is CC(C)NC1c2cc(C#N)ccc2OC(C)(C)C1O.Cl. The fourth-order valence-electron chi connectivity index (χ4n) is 2.41. The maximum absolute atomic E-state index is 10.5. The van der Waals surface area contributed by atoms with Crippen molar-refractivity contribution in [3.05, 3.63) is 29.3 Å². The summed E-state index contributed by atoms with van der Waals surface area (Å²) < 4.78 is 5.84. The molecule has 2 rings (SSSR count). The van der Waals surface area contributed by atoms with Crippen molar-refractivity contribution in [2.75, 3.05) is 0 Å². The Bertz CT molecular complexity index is 523. The Morgan fingerprint density at radius 3 is 2.60 bits per heavy atom. The lowest BCUT2D eigenvalue weighted by Gasteiger charge is -2.43. The second-order valence-corrected chi connectivity index (χ2v) is 5.81. The Kier molecular flexibility index (Phi) is 5.04. The molecular formula is C15H21ClN2O2. The molecule has 0 spiro atoms. The molecule has 1 aliphatic rings. The van der Waals surface area contributed by atoms with Crippen molar-refractivity contribution in [2.45, 2.75) is 51.5 Å². The van der Waals surface area contributed by atoms with Gasteiger partial charge < -0.3 is 15.2 Å². The normalized spacial score (nSPS) is 23.2. The zero-order valence-electron chi connectivity index (χ0n) is 12.2. The van der Waals surface area contributed by atoms with E-state index in [0.29, 0.717) is 5.56 Å². The molecule has 5 heteroatoms. The van der Waals surface area contributed by atoms with E-state index in [1.807, 2.05) is 27.7 Å². The quantitative estimate of drug-likeness (QED) is 0.880. The van der Waals surface area contributed by atoms with Gasteiger partial charge in [0.1, 0.15) is 17.5 Å². The summed E-state index contributed by atoms with van der Waals surface area (Å²) in [5.41, 5.74) is 0.762. The molecule has 0 saturated carbocycles. The summed E-state index contributed by atoms with van der Waals surface area (Å²) in [4.78, 5) is 0. The van der Waals surface area contributed by atoms with E-state index in [0.717, 1.165) is 11.3 Å². The minimum absolute atomic E-state index is 0. The highest BCUT2D eigenvalue weighted by Crippen LogP contribution is 2.40. The third-order valence-electron chi connectivity index (χ3n) is 3.39. The summed E-state index contributed by atoms with van der Waals surface area (Å²) in [6, 6.07) is 7.44. The van der Waals surface area contributed by atoms with E-state index < -0.39 is 11.7 Å². The first-order chi connectivity index (χ1) is 8.85. The Morgan fingerprint density at radius 2 is 2.05 bits per heavy atom. The predicted octanol–water partition coefficient (Wildman–Crippen LogP) is 2.55. The van der Waals surface area contributed by atoms with Crippen molar-refractivity contribution in [3.63, 3.8) is 0 Å². The monoisotopic (exact) mass is 296 g/mol. The molecule has 0 bridgehead atoms. The molecule has 1 aromatic carbocycles. The first-order valence-electron chi connectivity index (χ1n) is 6.52. The molecule has 0 aromatic heterocycles. The van der Waals surface area contributed by atoms with Crippen molar-refractivity contribution in [1.82, 2.24) is 5.32 Å². The number of nitrogens with zero attached hydrogens (tertiary/aromatic N) is 1. The minimum Gasteiger partial charge on any atom is -0.485 e. The van der Waals surface area contributed by atoms with E-state index in [2.05, 4.69) is 11.4 Å². The first kappa shape index (κ1) is 16.8. The summed E-state index contributed by atoms with van der Waals surface area (Å²) in [5, 5.41) is 22.8. The number of hydrogen-bond acceptors (Lipinski definition) is 4. The largest absolute Gasteiger partial charge is 0.485 e. The third-order valence-corrected chi connectivity index (χ3v) is 3.39. The van der Waals surface area contributed by atoms with E-state index >= 15 is 0 Å². The molecule has 1 heterocycles. The molecule has 0 fully saturated rings. The molecule has 0 saturated heterocycles. The van der Waals surface area contributed by atoms with Crippen LogP contribution in [0.1, 0.15) is 44.9 Å². The third kappa shape index (κ3) is 3.06. The van der Waals surface area contributed by atoms with Gasteiger partial charge in [0.05, 0.1) is 17.7 Å².